The Kier molecular flexibility index (Phi) is 7.69. The summed E-state index contributed by atoms with van der Waals surface area (Å²) in [6.07, 6.45) is 1.80. The largest absolute Gasteiger partial charge is 0.343 e. The van der Waals surface area contributed by atoms with Crippen LogP contribution < -0.4 is 10.6 Å². The van der Waals surface area contributed by atoms with Crippen LogP contribution in [0.1, 0.15) is 43.1 Å². The molecule has 1 saturated heterocycles. The second-order valence-corrected chi connectivity index (χ2v) is 10.5. The van der Waals surface area contributed by atoms with Gasteiger partial charge in [-0.05, 0) is 60.6 Å². The Morgan fingerprint density at radius 2 is 1.62 bits per heavy atom. The summed E-state index contributed by atoms with van der Waals surface area (Å²) >= 11 is 0. The Bertz CT molecular complexity index is 1060. The van der Waals surface area contributed by atoms with Crippen molar-refractivity contribution in [3.63, 3.8) is 0 Å². The van der Waals surface area contributed by atoms with Crippen LogP contribution >= 0.6 is 0 Å². The van der Waals surface area contributed by atoms with Crippen LogP contribution in [0, 0.1) is 11.8 Å². The third kappa shape index (κ3) is 5.75. The van der Waals surface area contributed by atoms with E-state index in [1.165, 1.54) is 28.6 Å². The van der Waals surface area contributed by atoms with Gasteiger partial charge in [-0.1, -0.05) is 39.0 Å². The topological polar surface area (TPSA) is 95.6 Å². The molecule has 2 N–H and O–H groups in total. The summed E-state index contributed by atoms with van der Waals surface area (Å²) in [6, 6.07) is 13.4. The molecule has 1 aliphatic rings. The average molecular weight is 458 g/mol. The standard InChI is InChI=1S/C24H31N3O4S/c1-4-19-7-5-6-8-22(19)26-23(28)14-25-24(29)20-9-11-21(12-10-20)32(30,31)27-15-17(2)13-18(3)16-27/h5-12,17-18H,4,13-16H2,1-3H3,(H,25,29)(H,26,28)/t17-,18-/m1/s1. The molecule has 0 spiro atoms. The molecular formula is C24H31N3O4S. The van der Waals surface area contributed by atoms with Crippen molar-refractivity contribution in [3.8, 4) is 0 Å². The predicted octanol–water partition coefficient (Wildman–Crippen LogP) is 3.28. The van der Waals surface area contributed by atoms with Gasteiger partial charge in [0.1, 0.15) is 0 Å². The molecule has 3 rings (SSSR count). The summed E-state index contributed by atoms with van der Waals surface area (Å²) in [5.41, 5.74) is 2.04. The lowest BCUT2D eigenvalue weighted by Crippen LogP contribution is -2.42. The molecule has 1 fully saturated rings. The van der Waals surface area contributed by atoms with Crippen molar-refractivity contribution in [2.24, 2.45) is 11.8 Å². The van der Waals surface area contributed by atoms with Gasteiger partial charge in [-0.25, -0.2) is 8.42 Å². The fraction of sp³-hybridized carbons (Fsp3) is 0.417. The van der Waals surface area contributed by atoms with E-state index in [2.05, 4.69) is 24.5 Å². The van der Waals surface area contributed by atoms with Crippen molar-refractivity contribution in [1.82, 2.24) is 9.62 Å². The summed E-state index contributed by atoms with van der Waals surface area (Å²) in [5.74, 6) is -0.136. The van der Waals surface area contributed by atoms with E-state index in [0.29, 0.717) is 30.5 Å². The lowest BCUT2D eigenvalue weighted by molar-refractivity contribution is -0.115. The van der Waals surface area contributed by atoms with Gasteiger partial charge in [0.15, 0.2) is 0 Å². The van der Waals surface area contributed by atoms with Crippen molar-refractivity contribution in [1.29, 1.82) is 0 Å². The number of nitrogens with zero attached hydrogens (tertiary/aromatic N) is 1. The fourth-order valence-electron chi connectivity index (χ4n) is 4.14. The zero-order chi connectivity index (χ0) is 23.3. The van der Waals surface area contributed by atoms with E-state index in [9.17, 15) is 18.0 Å². The van der Waals surface area contributed by atoms with Gasteiger partial charge in [-0.2, -0.15) is 4.31 Å². The molecule has 0 aliphatic carbocycles. The van der Waals surface area contributed by atoms with Crippen LogP contribution in [-0.2, 0) is 21.2 Å². The number of carbonyl (C=O) groups is 2. The number of benzene rings is 2. The highest BCUT2D eigenvalue weighted by molar-refractivity contribution is 7.89. The van der Waals surface area contributed by atoms with Gasteiger partial charge in [0.25, 0.3) is 5.91 Å². The van der Waals surface area contributed by atoms with Gasteiger partial charge in [0.05, 0.1) is 11.4 Å². The number of sulfonamides is 1. The van der Waals surface area contributed by atoms with Gasteiger partial charge >= 0.3 is 0 Å². The molecule has 2 amide bonds. The quantitative estimate of drug-likeness (QED) is 0.667. The third-order valence-electron chi connectivity index (χ3n) is 5.67. The molecule has 2 atom stereocenters. The summed E-state index contributed by atoms with van der Waals surface area (Å²) in [6.45, 7) is 6.95. The molecule has 1 heterocycles. The molecule has 0 aromatic heterocycles. The Morgan fingerprint density at radius 3 is 2.25 bits per heavy atom. The van der Waals surface area contributed by atoms with Gasteiger partial charge in [-0.3, -0.25) is 9.59 Å². The van der Waals surface area contributed by atoms with E-state index in [0.717, 1.165) is 24.1 Å². The molecule has 2 aromatic rings. The average Bonchev–Trinajstić information content (AvgIpc) is 2.77. The third-order valence-corrected chi connectivity index (χ3v) is 7.52. The Balaban J connectivity index is 1.59. The molecule has 172 valence electrons. The monoisotopic (exact) mass is 457 g/mol. The highest BCUT2D eigenvalue weighted by atomic mass is 32.2. The summed E-state index contributed by atoms with van der Waals surface area (Å²) < 4.78 is 27.5. The van der Waals surface area contributed by atoms with Crippen LogP contribution in [0.15, 0.2) is 53.4 Å². The van der Waals surface area contributed by atoms with Crippen LogP contribution in [0.4, 0.5) is 5.69 Å². The fourth-order valence-corrected chi connectivity index (χ4v) is 5.82. The molecule has 32 heavy (non-hydrogen) atoms. The Hall–Kier alpha value is -2.71. The molecule has 2 aromatic carbocycles. The minimum absolute atomic E-state index is 0.171. The normalized spacial score (nSPS) is 19.3. The van der Waals surface area contributed by atoms with Crippen molar-refractivity contribution in [3.05, 3.63) is 59.7 Å². The lowest BCUT2D eigenvalue weighted by atomic mass is 9.94. The number of carbonyl (C=O) groups excluding carboxylic acids is 2. The number of anilines is 1. The molecule has 0 radical (unpaired) electrons. The highest BCUT2D eigenvalue weighted by Gasteiger charge is 2.31. The van der Waals surface area contributed by atoms with E-state index in [4.69, 9.17) is 0 Å². The summed E-state index contributed by atoms with van der Waals surface area (Å²) in [5, 5.41) is 5.38. The molecule has 8 heteroatoms. The number of hydrogen-bond donors (Lipinski definition) is 2. The van der Waals surface area contributed by atoms with Crippen LogP contribution in [0.25, 0.3) is 0 Å². The highest BCUT2D eigenvalue weighted by Crippen LogP contribution is 2.26. The SMILES string of the molecule is CCc1ccccc1NC(=O)CNC(=O)c1ccc(S(=O)(=O)N2C[C@H](C)C[C@@H](C)C2)cc1. The molecule has 0 saturated carbocycles. The van der Waals surface area contributed by atoms with Crippen LogP contribution in [0.5, 0.6) is 0 Å². The number of piperidine rings is 1. The van der Waals surface area contributed by atoms with E-state index >= 15 is 0 Å². The molecule has 7 nitrogen and oxygen atoms in total. The van der Waals surface area contributed by atoms with Crippen molar-refractivity contribution in [2.75, 3.05) is 25.0 Å². The van der Waals surface area contributed by atoms with Crippen molar-refractivity contribution < 1.29 is 18.0 Å². The van der Waals surface area contributed by atoms with Gasteiger partial charge in [0, 0.05) is 24.3 Å². The predicted molar refractivity (Wildman–Crippen MR) is 125 cm³/mol. The summed E-state index contributed by atoms with van der Waals surface area (Å²) in [4.78, 5) is 24.8. The van der Waals surface area contributed by atoms with E-state index in [1.54, 1.807) is 0 Å². The van der Waals surface area contributed by atoms with Gasteiger partial charge < -0.3 is 10.6 Å². The molecule has 0 unspecified atom stereocenters. The minimum Gasteiger partial charge on any atom is -0.343 e. The maximum Gasteiger partial charge on any atom is 0.251 e. The molecule has 0 bridgehead atoms. The number of rotatable bonds is 7. The van der Waals surface area contributed by atoms with Crippen LogP contribution in [0.2, 0.25) is 0 Å². The van der Waals surface area contributed by atoms with Crippen LogP contribution in [-0.4, -0.2) is 44.2 Å². The number of amides is 2. The first-order valence-electron chi connectivity index (χ1n) is 11.0. The van der Waals surface area contributed by atoms with Gasteiger partial charge in [-0.15, -0.1) is 0 Å². The Morgan fingerprint density at radius 1 is 1.00 bits per heavy atom. The summed E-state index contributed by atoms with van der Waals surface area (Å²) in [7, 11) is -3.60. The van der Waals surface area contributed by atoms with E-state index in [1.807, 2.05) is 31.2 Å². The minimum atomic E-state index is -3.60. The maximum atomic E-state index is 13.0. The zero-order valence-electron chi connectivity index (χ0n) is 18.8. The zero-order valence-corrected chi connectivity index (χ0v) is 19.6. The number of aryl methyl sites for hydroxylation is 1. The first-order chi connectivity index (χ1) is 15.2. The maximum absolute atomic E-state index is 13.0. The number of hydrogen-bond acceptors (Lipinski definition) is 4. The smallest absolute Gasteiger partial charge is 0.251 e. The van der Waals surface area contributed by atoms with E-state index < -0.39 is 15.9 Å². The number of para-hydroxylation sites is 1. The Labute approximate surface area is 190 Å². The van der Waals surface area contributed by atoms with Crippen LogP contribution in [0.3, 0.4) is 0 Å². The van der Waals surface area contributed by atoms with Gasteiger partial charge in [0.2, 0.25) is 15.9 Å². The van der Waals surface area contributed by atoms with Crippen molar-refractivity contribution in [2.45, 2.75) is 38.5 Å². The molecule has 1 aliphatic heterocycles. The number of nitrogens with one attached hydrogen (secondary N) is 2. The lowest BCUT2D eigenvalue weighted by Gasteiger charge is -2.34. The first-order valence-corrected chi connectivity index (χ1v) is 12.4. The van der Waals surface area contributed by atoms with Crippen molar-refractivity contribution >= 4 is 27.5 Å². The molecular weight excluding hydrogens is 426 g/mol. The second kappa shape index (κ2) is 10.3. The van der Waals surface area contributed by atoms with E-state index in [-0.39, 0.29) is 17.3 Å². The first kappa shape index (κ1) is 23.9. The second-order valence-electron chi connectivity index (χ2n) is 8.53.